The van der Waals surface area contributed by atoms with Crippen molar-refractivity contribution in [3.8, 4) is 0 Å². The number of anilines is 2. The lowest BCUT2D eigenvalue weighted by molar-refractivity contribution is -0.383. The van der Waals surface area contributed by atoms with Gasteiger partial charge in [-0.05, 0) is 143 Å². The highest BCUT2D eigenvalue weighted by Gasteiger charge is 2.51. The van der Waals surface area contributed by atoms with Crippen LogP contribution in [0.4, 0.5) is 22.7 Å². The number of fused-ring (bicyclic) bond motifs is 4. The average molecular weight is 1090 g/mol. The summed E-state index contributed by atoms with van der Waals surface area (Å²) in [6.45, 7) is 4.68. The third kappa shape index (κ3) is 11.6. The molecule has 23 heteroatoms. The van der Waals surface area contributed by atoms with Gasteiger partial charge in [0.25, 0.3) is 28.1 Å². The van der Waals surface area contributed by atoms with Crippen LogP contribution in [-0.4, -0.2) is 47.2 Å². The number of nitrogens with two attached hydrogens (primary N) is 4. The number of nitro groups is 2. The summed E-state index contributed by atoms with van der Waals surface area (Å²) in [5.74, 6) is 0.727. The van der Waals surface area contributed by atoms with E-state index in [0.717, 1.165) is 28.6 Å². The van der Waals surface area contributed by atoms with Crippen LogP contribution in [0, 0.1) is 43.4 Å². The minimum absolute atomic E-state index is 0.0409. The fourth-order valence-electron chi connectivity index (χ4n) is 11.8. The molecule has 4 aliphatic rings. The van der Waals surface area contributed by atoms with Crippen molar-refractivity contribution in [3.63, 3.8) is 0 Å². The monoisotopic (exact) mass is 1090 g/mol. The first-order valence-corrected chi connectivity index (χ1v) is 25.6. The summed E-state index contributed by atoms with van der Waals surface area (Å²) >= 11 is 0. The molecule has 9 N–H and O–H groups in total. The quantitative estimate of drug-likeness (QED) is 0.0501. The highest BCUT2D eigenvalue weighted by Crippen LogP contribution is 2.61. The van der Waals surface area contributed by atoms with E-state index in [9.17, 15) is 58.6 Å². The van der Waals surface area contributed by atoms with E-state index in [1.807, 2.05) is 6.07 Å². The lowest BCUT2D eigenvalue weighted by atomic mass is 9.49. The molecule has 4 aromatic carbocycles. The number of benzene rings is 4. The molecular formula is C57H58N10O13. The van der Waals surface area contributed by atoms with Crippen LogP contribution in [0.5, 0.6) is 0 Å². The number of nitrogens with zero attached hydrogens (tertiary/aromatic N) is 5. The number of rotatable bonds is 11. The lowest BCUT2D eigenvalue weighted by Gasteiger charge is -2.56. The first-order chi connectivity index (χ1) is 38.0. The molecule has 80 heavy (non-hydrogen) atoms. The fourth-order valence-corrected chi connectivity index (χ4v) is 11.8. The maximum Gasteiger partial charge on any atom is 0.343 e. The zero-order chi connectivity index (χ0) is 57.9. The van der Waals surface area contributed by atoms with E-state index < -0.39 is 56.9 Å². The van der Waals surface area contributed by atoms with Gasteiger partial charge in [0.2, 0.25) is 23.6 Å². The number of carbonyl (C=O) groups is 4. The van der Waals surface area contributed by atoms with Crippen LogP contribution in [0.25, 0.3) is 43.1 Å². The van der Waals surface area contributed by atoms with Gasteiger partial charge in [-0.1, -0.05) is 24.3 Å². The summed E-state index contributed by atoms with van der Waals surface area (Å²) in [7, 11) is 0. The number of hydrogen-bond donors (Lipinski definition) is 5. The van der Waals surface area contributed by atoms with Crippen molar-refractivity contribution in [1.29, 1.82) is 0 Å². The van der Waals surface area contributed by atoms with Crippen molar-refractivity contribution in [1.82, 2.24) is 13.7 Å². The van der Waals surface area contributed by atoms with E-state index in [2.05, 4.69) is 9.73 Å². The number of aromatic nitrogens is 3. The predicted octanol–water partition coefficient (Wildman–Crippen LogP) is 6.88. The van der Waals surface area contributed by atoms with Gasteiger partial charge in [0.05, 0.1) is 37.7 Å². The molecule has 3 atom stereocenters. The Morgan fingerprint density at radius 1 is 0.562 bits per heavy atom. The summed E-state index contributed by atoms with van der Waals surface area (Å²) in [5.41, 5.74) is 21.0. The largest absolute Gasteiger partial charge is 0.431 e. The molecule has 4 saturated carbocycles. The van der Waals surface area contributed by atoms with Gasteiger partial charge in [0.15, 0.2) is 0 Å². The standard InChI is InChI=1S/C24H29N3O3.C12H11N3O4.C12H13N3O2.C9H5NO4/c1-14(22(25)29)27-6-5-18-19(23(27)30)3-2-4-20(18)26-21(28)13-24-10-15-7-16(11-24)9-17(8-15)12-24;1-7(11(13)16)14-6-5-8-9(12(14)17)3-2-4-10(8)15(18)19;1-7(11(14)16)15-6-5-8-9(12(15)17)3-2-4-10(8)13;11-9-7-2-1-3-8(10(12)13)6(7)4-5-14-9/h2-6,14-17H,7-13H2,1H3,(H2,25,29)(H,26,28);2-7H,1H3,(H2,13,16);2-7H,13H2,1H3,(H2,14,16);1-5H/t14-,15?,16?,17?,24?;2*7-;/m000./s1. The maximum atomic E-state index is 13.0. The minimum atomic E-state index is -0.809. The van der Waals surface area contributed by atoms with E-state index in [4.69, 9.17) is 22.9 Å². The molecular weight excluding hydrogens is 1030 g/mol. The number of nitrogens with one attached hydrogen (secondary N) is 1. The highest BCUT2D eigenvalue weighted by molar-refractivity contribution is 6.02. The summed E-state index contributed by atoms with van der Waals surface area (Å²) in [6.07, 6.45) is 13.8. The van der Waals surface area contributed by atoms with Gasteiger partial charge in [0.1, 0.15) is 18.1 Å². The molecule has 23 nitrogen and oxygen atoms in total. The van der Waals surface area contributed by atoms with Crippen LogP contribution in [0.2, 0.25) is 0 Å². The van der Waals surface area contributed by atoms with E-state index in [-0.39, 0.29) is 50.0 Å². The lowest BCUT2D eigenvalue weighted by Crippen LogP contribution is -2.47. The maximum absolute atomic E-state index is 13.0. The molecule has 12 rings (SSSR count). The number of carbonyl (C=O) groups excluding carboxylic acids is 4. The fraction of sp³-hybridized carbons (Fsp3) is 0.298. The number of nitro benzene ring substituents is 2. The highest BCUT2D eigenvalue weighted by atomic mass is 16.6. The molecule has 4 aliphatic carbocycles. The summed E-state index contributed by atoms with van der Waals surface area (Å²) in [6, 6.07) is 23.1. The molecule has 4 fully saturated rings. The first-order valence-electron chi connectivity index (χ1n) is 25.6. The summed E-state index contributed by atoms with van der Waals surface area (Å²) < 4.78 is 8.41. The molecule has 0 aliphatic heterocycles. The Hall–Kier alpha value is -9.80. The topological polar surface area (TPSA) is 367 Å². The van der Waals surface area contributed by atoms with Crippen LogP contribution in [-0.2, 0) is 19.2 Å². The Labute approximate surface area is 454 Å². The van der Waals surface area contributed by atoms with Crippen LogP contribution < -0.4 is 50.6 Å². The van der Waals surface area contributed by atoms with Gasteiger partial charge < -0.3 is 46.4 Å². The van der Waals surface area contributed by atoms with Gasteiger partial charge in [-0.15, -0.1) is 0 Å². The Morgan fingerprint density at radius 2 is 0.950 bits per heavy atom. The van der Waals surface area contributed by atoms with E-state index in [1.54, 1.807) is 62.5 Å². The zero-order valence-electron chi connectivity index (χ0n) is 43.8. The molecule has 0 unspecified atom stereocenters. The number of amides is 4. The Bertz CT molecular complexity index is 4020. The van der Waals surface area contributed by atoms with Crippen molar-refractivity contribution in [3.05, 3.63) is 184 Å². The van der Waals surface area contributed by atoms with Crippen molar-refractivity contribution < 1.29 is 33.4 Å². The van der Waals surface area contributed by atoms with Gasteiger partial charge in [-0.25, -0.2) is 4.79 Å². The van der Waals surface area contributed by atoms with E-state index in [0.29, 0.717) is 44.7 Å². The number of hydrogen-bond acceptors (Lipinski definition) is 14. The van der Waals surface area contributed by atoms with Crippen LogP contribution in [0.1, 0.15) is 83.8 Å². The molecule has 8 aromatic rings. The Kier molecular flexibility index (Phi) is 16.2. The first kappa shape index (κ1) is 56.4. The second-order valence-electron chi connectivity index (χ2n) is 20.7. The van der Waals surface area contributed by atoms with Crippen molar-refractivity contribution in [2.24, 2.45) is 40.4 Å². The van der Waals surface area contributed by atoms with Gasteiger partial charge in [0, 0.05) is 70.1 Å². The molecule has 0 spiro atoms. The van der Waals surface area contributed by atoms with Crippen molar-refractivity contribution >= 4 is 89.5 Å². The third-order valence-electron chi connectivity index (χ3n) is 15.5. The predicted molar refractivity (Wildman–Crippen MR) is 300 cm³/mol. The summed E-state index contributed by atoms with van der Waals surface area (Å²) in [4.78, 5) is 115. The zero-order valence-corrected chi connectivity index (χ0v) is 43.8. The molecule has 4 amide bonds. The molecule has 4 heterocycles. The Balaban J connectivity index is 0.000000147. The molecule has 414 valence electrons. The van der Waals surface area contributed by atoms with Gasteiger partial charge >= 0.3 is 5.63 Å². The minimum Gasteiger partial charge on any atom is -0.431 e. The van der Waals surface area contributed by atoms with Gasteiger partial charge in [-0.2, -0.15) is 0 Å². The number of nitrogen functional groups attached to an aromatic ring is 1. The average Bonchev–Trinajstić information content (AvgIpc) is 3.53. The smallest absolute Gasteiger partial charge is 0.343 e. The normalized spacial score (nSPS) is 18.8. The number of non-ortho nitro benzene ring substituents is 2. The Morgan fingerprint density at radius 3 is 1.41 bits per heavy atom. The summed E-state index contributed by atoms with van der Waals surface area (Å²) in [5, 5.41) is 27.8. The number of primary amides is 3. The van der Waals surface area contributed by atoms with Crippen molar-refractivity contribution in [2.45, 2.75) is 83.8 Å². The molecule has 4 bridgehead atoms. The molecule has 0 radical (unpaired) electrons. The van der Waals surface area contributed by atoms with E-state index in [1.165, 1.54) is 116 Å². The van der Waals surface area contributed by atoms with Gasteiger partial charge in [-0.3, -0.25) is 53.8 Å². The van der Waals surface area contributed by atoms with Crippen molar-refractivity contribution in [2.75, 3.05) is 11.1 Å². The molecule has 4 aromatic heterocycles. The number of pyridine rings is 3. The van der Waals surface area contributed by atoms with Crippen LogP contribution in [0.15, 0.2) is 146 Å². The van der Waals surface area contributed by atoms with Crippen LogP contribution in [0.3, 0.4) is 0 Å². The third-order valence-corrected chi connectivity index (χ3v) is 15.5. The molecule has 0 saturated heterocycles. The second-order valence-corrected chi connectivity index (χ2v) is 20.7. The van der Waals surface area contributed by atoms with E-state index >= 15 is 0 Å². The van der Waals surface area contributed by atoms with Crippen LogP contribution >= 0.6 is 0 Å². The second kappa shape index (κ2) is 23.0. The SMILES string of the molecule is C[C@@H](C(N)=O)n1ccc2c(N)cccc2c1=O.C[C@@H](C(N)=O)n1ccc2c(NC(=O)CC34CC5CC(CC(C5)C3)C4)cccc2c1=O.C[C@@H](C(N)=O)n1ccc2c([N+](=O)[O-])cccc2c1=O.O=c1occc2c([N+](=O)[O-])cccc12.